The second-order valence-electron chi connectivity index (χ2n) is 4.22. The van der Waals surface area contributed by atoms with Crippen LogP contribution < -0.4 is 0 Å². The van der Waals surface area contributed by atoms with Crippen molar-refractivity contribution in [2.75, 3.05) is 0 Å². The van der Waals surface area contributed by atoms with Gasteiger partial charge in [0.25, 0.3) is 0 Å². The third kappa shape index (κ3) is 2.81. The summed E-state index contributed by atoms with van der Waals surface area (Å²) in [5, 5.41) is 0. The summed E-state index contributed by atoms with van der Waals surface area (Å²) < 4.78 is 0. The van der Waals surface area contributed by atoms with E-state index >= 15 is 0 Å². The molecule has 0 fully saturated rings. The molecule has 0 saturated heterocycles. The first-order chi connectivity index (χ1) is 8.16. The van der Waals surface area contributed by atoms with E-state index in [1.54, 1.807) is 18.0 Å². The highest BCUT2D eigenvalue weighted by molar-refractivity contribution is 5.95. The lowest BCUT2D eigenvalue weighted by Gasteiger charge is -2.24. The molecule has 1 heterocycles. The van der Waals surface area contributed by atoms with E-state index in [1.807, 2.05) is 30.3 Å². The molecule has 0 saturated carbocycles. The van der Waals surface area contributed by atoms with E-state index < -0.39 is 0 Å². The van der Waals surface area contributed by atoms with Gasteiger partial charge >= 0.3 is 0 Å². The van der Waals surface area contributed by atoms with Gasteiger partial charge in [0.1, 0.15) is 0 Å². The van der Waals surface area contributed by atoms with Crippen molar-refractivity contribution < 1.29 is 9.59 Å². The highest BCUT2D eigenvalue weighted by Gasteiger charge is 2.20. The Labute approximate surface area is 101 Å². The average Bonchev–Trinajstić information content (AvgIpc) is 2.33. The van der Waals surface area contributed by atoms with Crippen molar-refractivity contribution in [3.8, 4) is 0 Å². The summed E-state index contributed by atoms with van der Waals surface area (Å²) in [4.78, 5) is 24.7. The number of carbonyl (C=O) groups is 2. The molecule has 0 aromatic heterocycles. The van der Waals surface area contributed by atoms with Crippen LogP contribution in [0.2, 0.25) is 0 Å². The van der Waals surface area contributed by atoms with Gasteiger partial charge in [-0.05, 0) is 18.9 Å². The number of amides is 1. The number of ketones is 1. The van der Waals surface area contributed by atoms with Crippen LogP contribution in [0.5, 0.6) is 0 Å². The lowest BCUT2D eigenvalue weighted by Crippen LogP contribution is -2.29. The van der Waals surface area contributed by atoms with Crippen LogP contribution in [-0.2, 0) is 16.1 Å². The first-order valence-electron chi connectivity index (χ1n) is 5.72. The van der Waals surface area contributed by atoms with E-state index in [0.29, 0.717) is 19.4 Å². The summed E-state index contributed by atoms with van der Waals surface area (Å²) >= 11 is 0. The number of hydrogen-bond donors (Lipinski definition) is 0. The van der Waals surface area contributed by atoms with E-state index in [4.69, 9.17) is 0 Å². The van der Waals surface area contributed by atoms with Gasteiger partial charge in [-0.2, -0.15) is 0 Å². The Kier molecular flexibility index (Phi) is 3.38. The Morgan fingerprint density at radius 2 is 1.94 bits per heavy atom. The van der Waals surface area contributed by atoms with Crippen LogP contribution in [0.3, 0.4) is 0 Å². The number of carbonyl (C=O) groups excluding carboxylic acids is 2. The van der Waals surface area contributed by atoms with Crippen LogP contribution in [0.25, 0.3) is 0 Å². The molecule has 0 atom stereocenters. The highest BCUT2D eigenvalue weighted by Crippen LogP contribution is 2.18. The van der Waals surface area contributed by atoms with Gasteiger partial charge in [0.05, 0.1) is 6.54 Å². The zero-order chi connectivity index (χ0) is 12.3. The molecule has 88 valence electrons. The fourth-order valence-electron chi connectivity index (χ4n) is 1.89. The molecule has 17 heavy (non-hydrogen) atoms. The molecule has 0 aliphatic carbocycles. The van der Waals surface area contributed by atoms with Crippen LogP contribution in [0.15, 0.2) is 42.1 Å². The first kappa shape index (κ1) is 11.6. The largest absolute Gasteiger partial charge is 0.314 e. The van der Waals surface area contributed by atoms with E-state index in [-0.39, 0.29) is 11.7 Å². The zero-order valence-corrected chi connectivity index (χ0v) is 9.85. The molecule has 1 aromatic carbocycles. The maximum Gasteiger partial charge on any atom is 0.227 e. The van der Waals surface area contributed by atoms with Gasteiger partial charge < -0.3 is 4.90 Å². The molecule has 1 amide bonds. The van der Waals surface area contributed by atoms with Gasteiger partial charge in [-0.1, -0.05) is 30.3 Å². The molecule has 2 rings (SSSR count). The molecular weight excluding hydrogens is 214 g/mol. The Hall–Kier alpha value is -1.90. The number of allylic oxidation sites excluding steroid dienone is 1. The lowest BCUT2D eigenvalue weighted by molar-refractivity contribution is -0.129. The molecule has 0 spiro atoms. The Morgan fingerprint density at radius 3 is 2.59 bits per heavy atom. The lowest BCUT2D eigenvalue weighted by atomic mass is 10.0. The number of Topliss-reactive ketones (excluding diaryl/α,β-unsaturated/α-hetero) is 1. The van der Waals surface area contributed by atoms with Crippen LogP contribution in [-0.4, -0.2) is 16.6 Å². The smallest absolute Gasteiger partial charge is 0.227 e. The van der Waals surface area contributed by atoms with Crippen molar-refractivity contribution in [2.24, 2.45) is 0 Å². The van der Waals surface area contributed by atoms with Gasteiger partial charge in [0.15, 0.2) is 5.78 Å². The summed E-state index contributed by atoms with van der Waals surface area (Å²) in [7, 11) is 0. The molecule has 0 radical (unpaired) electrons. The quantitative estimate of drug-likeness (QED) is 0.797. The molecule has 3 heteroatoms. The molecule has 1 aromatic rings. The fourth-order valence-corrected chi connectivity index (χ4v) is 1.89. The SMILES string of the molecule is CC(=O)C1=CN(Cc2ccccc2)C(=O)CC1. The normalized spacial score (nSPS) is 15.7. The van der Waals surface area contributed by atoms with Crippen molar-refractivity contribution in [1.82, 2.24) is 4.90 Å². The molecule has 3 nitrogen and oxygen atoms in total. The number of nitrogens with zero attached hydrogens (tertiary/aromatic N) is 1. The number of hydrogen-bond acceptors (Lipinski definition) is 2. The summed E-state index contributed by atoms with van der Waals surface area (Å²) in [5.41, 5.74) is 1.81. The van der Waals surface area contributed by atoms with Crippen LogP contribution in [0, 0.1) is 0 Å². The van der Waals surface area contributed by atoms with E-state index in [0.717, 1.165) is 11.1 Å². The molecule has 0 unspecified atom stereocenters. The van der Waals surface area contributed by atoms with Crippen LogP contribution in [0.1, 0.15) is 25.3 Å². The topological polar surface area (TPSA) is 37.4 Å². The maximum atomic E-state index is 11.7. The van der Waals surface area contributed by atoms with Crippen molar-refractivity contribution >= 4 is 11.7 Å². The van der Waals surface area contributed by atoms with Crippen LogP contribution >= 0.6 is 0 Å². The fraction of sp³-hybridized carbons (Fsp3) is 0.286. The second kappa shape index (κ2) is 4.95. The van der Waals surface area contributed by atoms with Gasteiger partial charge in [-0.3, -0.25) is 9.59 Å². The molecule has 1 aliphatic heterocycles. The van der Waals surface area contributed by atoms with Gasteiger partial charge in [-0.25, -0.2) is 0 Å². The monoisotopic (exact) mass is 229 g/mol. The molecular formula is C14H15NO2. The predicted octanol–water partition coefficient (Wildman–Crippen LogP) is 2.28. The maximum absolute atomic E-state index is 11.7. The predicted molar refractivity (Wildman–Crippen MR) is 65.0 cm³/mol. The first-order valence-corrected chi connectivity index (χ1v) is 5.72. The van der Waals surface area contributed by atoms with E-state index in [9.17, 15) is 9.59 Å². The Morgan fingerprint density at radius 1 is 1.24 bits per heavy atom. The Balaban J connectivity index is 2.16. The van der Waals surface area contributed by atoms with Gasteiger partial charge in [0.2, 0.25) is 5.91 Å². The second-order valence-corrected chi connectivity index (χ2v) is 4.22. The van der Waals surface area contributed by atoms with E-state index in [2.05, 4.69) is 0 Å². The third-order valence-electron chi connectivity index (χ3n) is 2.89. The molecule has 0 bridgehead atoms. The van der Waals surface area contributed by atoms with Crippen LogP contribution in [0.4, 0.5) is 0 Å². The minimum absolute atomic E-state index is 0.0514. The Bertz CT molecular complexity index is 462. The number of benzene rings is 1. The molecule has 0 N–H and O–H groups in total. The summed E-state index contributed by atoms with van der Waals surface area (Å²) in [6.07, 6.45) is 2.69. The highest BCUT2D eigenvalue weighted by atomic mass is 16.2. The zero-order valence-electron chi connectivity index (χ0n) is 9.85. The standard InChI is InChI=1S/C14H15NO2/c1-11(16)13-7-8-14(17)15(10-13)9-12-5-3-2-4-6-12/h2-6,10H,7-9H2,1H3. The van der Waals surface area contributed by atoms with Crippen molar-refractivity contribution in [2.45, 2.75) is 26.3 Å². The minimum Gasteiger partial charge on any atom is -0.314 e. The average molecular weight is 229 g/mol. The summed E-state index contributed by atoms with van der Waals surface area (Å²) in [6, 6.07) is 9.78. The summed E-state index contributed by atoms with van der Waals surface area (Å²) in [6.45, 7) is 2.08. The number of rotatable bonds is 3. The minimum atomic E-state index is 0.0514. The molecule has 1 aliphatic rings. The van der Waals surface area contributed by atoms with Gasteiger partial charge in [0, 0.05) is 18.2 Å². The summed E-state index contributed by atoms with van der Waals surface area (Å²) in [5.74, 6) is 0.134. The third-order valence-corrected chi connectivity index (χ3v) is 2.89. The van der Waals surface area contributed by atoms with Crippen molar-refractivity contribution in [1.29, 1.82) is 0 Å². The van der Waals surface area contributed by atoms with Crippen molar-refractivity contribution in [3.63, 3.8) is 0 Å². The van der Waals surface area contributed by atoms with Crippen molar-refractivity contribution in [3.05, 3.63) is 47.7 Å². The van der Waals surface area contributed by atoms with Gasteiger partial charge in [-0.15, -0.1) is 0 Å². The van der Waals surface area contributed by atoms with E-state index in [1.165, 1.54) is 0 Å².